The summed E-state index contributed by atoms with van der Waals surface area (Å²) in [5.41, 5.74) is 2.19. The van der Waals surface area contributed by atoms with Crippen LogP contribution in [0.2, 0.25) is 0 Å². The summed E-state index contributed by atoms with van der Waals surface area (Å²) in [5.74, 6) is 0.411. The standard InChI is InChI=1S/C17H18ClN3O/c18-8-3-6-17(22)21-12-10-20(11-13-21)16-7-9-19-15-5-2-1-4-14(15)16/h1-7,9H,8,10-13H2/b6-3-. The number of aromatic nitrogens is 1. The summed E-state index contributed by atoms with van der Waals surface area (Å²) in [4.78, 5) is 20.5. The Balaban J connectivity index is 1.73. The molecule has 0 unspecified atom stereocenters. The highest BCUT2D eigenvalue weighted by atomic mass is 35.5. The van der Waals surface area contributed by atoms with Crippen LogP contribution in [0.5, 0.6) is 0 Å². The second kappa shape index (κ2) is 6.79. The molecule has 1 saturated heterocycles. The molecule has 0 bridgehead atoms. The molecule has 1 fully saturated rings. The van der Waals surface area contributed by atoms with Crippen LogP contribution in [0.15, 0.2) is 48.7 Å². The Hall–Kier alpha value is -2.07. The number of para-hydroxylation sites is 1. The molecule has 3 rings (SSSR count). The van der Waals surface area contributed by atoms with Gasteiger partial charge in [-0.15, -0.1) is 11.6 Å². The second-order valence-corrected chi connectivity index (χ2v) is 5.52. The van der Waals surface area contributed by atoms with Gasteiger partial charge in [0.25, 0.3) is 0 Å². The van der Waals surface area contributed by atoms with Crippen molar-refractivity contribution in [2.75, 3.05) is 37.0 Å². The number of halogens is 1. The zero-order valence-corrected chi connectivity index (χ0v) is 13.0. The van der Waals surface area contributed by atoms with Gasteiger partial charge in [-0.2, -0.15) is 0 Å². The van der Waals surface area contributed by atoms with Crippen LogP contribution >= 0.6 is 11.6 Å². The van der Waals surface area contributed by atoms with Gasteiger partial charge < -0.3 is 9.80 Å². The Morgan fingerprint density at radius 3 is 2.73 bits per heavy atom. The van der Waals surface area contributed by atoms with E-state index < -0.39 is 0 Å². The topological polar surface area (TPSA) is 36.4 Å². The molecule has 0 N–H and O–H groups in total. The number of carbonyl (C=O) groups is 1. The van der Waals surface area contributed by atoms with Crippen molar-refractivity contribution in [3.8, 4) is 0 Å². The first-order chi connectivity index (χ1) is 10.8. The maximum absolute atomic E-state index is 12.0. The minimum Gasteiger partial charge on any atom is -0.367 e. The molecule has 5 heteroatoms. The number of hydrogen-bond donors (Lipinski definition) is 0. The lowest BCUT2D eigenvalue weighted by atomic mass is 10.1. The highest BCUT2D eigenvalue weighted by Crippen LogP contribution is 2.25. The van der Waals surface area contributed by atoms with Crippen molar-refractivity contribution < 1.29 is 4.79 Å². The molecule has 1 aromatic heterocycles. The highest BCUT2D eigenvalue weighted by Gasteiger charge is 2.20. The monoisotopic (exact) mass is 315 g/mol. The van der Waals surface area contributed by atoms with E-state index in [4.69, 9.17) is 11.6 Å². The van der Waals surface area contributed by atoms with Gasteiger partial charge in [0.2, 0.25) is 5.91 Å². The lowest BCUT2D eigenvalue weighted by molar-refractivity contribution is -0.126. The van der Waals surface area contributed by atoms with Crippen LogP contribution in [-0.4, -0.2) is 47.9 Å². The van der Waals surface area contributed by atoms with Crippen molar-refractivity contribution in [3.63, 3.8) is 0 Å². The number of allylic oxidation sites excluding steroid dienone is 1. The molecule has 0 spiro atoms. The molecule has 22 heavy (non-hydrogen) atoms. The first kappa shape index (κ1) is 14.9. The number of anilines is 1. The van der Waals surface area contributed by atoms with Crippen LogP contribution in [0.25, 0.3) is 10.9 Å². The van der Waals surface area contributed by atoms with E-state index >= 15 is 0 Å². The first-order valence-corrected chi connectivity index (χ1v) is 7.93. The Bertz CT molecular complexity index is 688. The molecule has 0 saturated carbocycles. The van der Waals surface area contributed by atoms with Gasteiger partial charge in [0.05, 0.1) is 5.52 Å². The van der Waals surface area contributed by atoms with Crippen molar-refractivity contribution in [2.24, 2.45) is 0 Å². The van der Waals surface area contributed by atoms with Crippen LogP contribution < -0.4 is 4.90 Å². The fourth-order valence-electron chi connectivity index (χ4n) is 2.78. The maximum Gasteiger partial charge on any atom is 0.246 e. The largest absolute Gasteiger partial charge is 0.367 e. The zero-order valence-electron chi connectivity index (χ0n) is 12.3. The van der Waals surface area contributed by atoms with Crippen LogP contribution in [0.3, 0.4) is 0 Å². The summed E-state index contributed by atoms with van der Waals surface area (Å²) in [5, 5.41) is 1.16. The van der Waals surface area contributed by atoms with Gasteiger partial charge >= 0.3 is 0 Å². The van der Waals surface area contributed by atoms with E-state index in [1.54, 1.807) is 12.2 Å². The SMILES string of the molecule is O=C(/C=C\CCl)N1CCN(c2ccnc3ccccc23)CC1. The van der Waals surface area contributed by atoms with Gasteiger partial charge in [-0.1, -0.05) is 24.3 Å². The third-order valence-corrected chi connectivity index (χ3v) is 4.09. The minimum absolute atomic E-state index is 0.0416. The van der Waals surface area contributed by atoms with E-state index in [2.05, 4.69) is 16.0 Å². The first-order valence-electron chi connectivity index (χ1n) is 7.39. The van der Waals surface area contributed by atoms with E-state index in [9.17, 15) is 4.79 Å². The zero-order chi connectivity index (χ0) is 15.4. The average Bonchev–Trinajstić information content (AvgIpc) is 2.59. The number of rotatable bonds is 3. The van der Waals surface area contributed by atoms with Crippen LogP contribution in [0.1, 0.15) is 0 Å². The van der Waals surface area contributed by atoms with Gasteiger partial charge in [-0.25, -0.2) is 0 Å². The predicted octanol–water partition coefficient (Wildman–Crippen LogP) is 2.68. The van der Waals surface area contributed by atoms with E-state index in [0.717, 1.165) is 37.1 Å². The molecule has 0 aliphatic carbocycles. The van der Waals surface area contributed by atoms with Crippen LogP contribution in [0.4, 0.5) is 5.69 Å². The number of piperazine rings is 1. The summed E-state index contributed by atoms with van der Waals surface area (Å²) in [7, 11) is 0. The van der Waals surface area contributed by atoms with Gasteiger partial charge in [0, 0.05) is 55.4 Å². The Morgan fingerprint density at radius 1 is 1.18 bits per heavy atom. The van der Waals surface area contributed by atoms with Gasteiger partial charge in [-0.05, 0) is 12.1 Å². The lowest BCUT2D eigenvalue weighted by Crippen LogP contribution is -2.48. The molecular formula is C17H18ClN3O. The normalized spacial score (nSPS) is 15.7. The Labute approximate surface area is 135 Å². The molecule has 4 nitrogen and oxygen atoms in total. The smallest absolute Gasteiger partial charge is 0.246 e. The van der Waals surface area contributed by atoms with Gasteiger partial charge in [0.15, 0.2) is 0 Å². The summed E-state index contributed by atoms with van der Waals surface area (Å²) < 4.78 is 0. The predicted molar refractivity (Wildman–Crippen MR) is 90.4 cm³/mol. The van der Waals surface area contributed by atoms with Crippen LogP contribution in [-0.2, 0) is 4.79 Å². The van der Waals surface area contributed by atoms with Gasteiger partial charge in [0.1, 0.15) is 0 Å². The summed E-state index contributed by atoms with van der Waals surface area (Å²) >= 11 is 5.57. The third-order valence-electron chi connectivity index (χ3n) is 3.91. The molecule has 0 atom stereocenters. The molecule has 2 heterocycles. The average molecular weight is 316 g/mol. The molecule has 1 aliphatic heterocycles. The number of hydrogen-bond acceptors (Lipinski definition) is 3. The molecule has 1 aliphatic rings. The van der Waals surface area contributed by atoms with Gasteiger partial charge in [-0.3, -0.25) is 9.78 Å². The van der Waals surface area contributed by atoms with Crippen LogP contribution in [0, 0.1) is 0 Å². The number of carbonyl (C=O) groups excluding carboxylic acids is 1. The number of alkyl halides is 1. The summed E-state index contributed by atoms with van der Waals surface area (Å²) in [6, 6.07) is 10.2. The van der Waals surface area contributed by atoms with E-state index in [1.807, 2.05) is 35.4 Å². The van der Waals surface area contributed by atoms with Crippen molar-refractivity contribution >= 4 is 34.1 Å². The van der Waals surface area contributed by atoms with Crippen molar-refractivity contribution in [1.82, 2.24) is 9.88 Å². The molecule has 1 aromatic carbocycles. The van der Waals surface area contributed by atoms with E-state index in [-0.39, 0.29) is 5.91 Å². The highest BCUT2D eigenvalue weighted by molar-refractivity contribution is 6.19. The van der Waals surface area contributed by atoms with Crippen molar-refractivity contribution in [3.05, 3.63) is 48.7 Å². The number of amides is 1. The number of benzene rings is 1. The Kier molecular flexibility index (Phi) is 4.59. The molecular weight excluding hydrogens is 298 g/mol. The fraction of sp³-hybridized carbons (Fsp3) is 0.294. The van der Waals surface area contributed by atoms with E-state index in [0.29, 0.717) is 5.88 Å². The number of fused-ring (bicyclic) bond motifs is 1. The maximum atomic E-state index is 12.0. The Morgan fingerprint density at radius 2 is 1.95 bits per heavy atom. The number of pyridine rings is 1. The number of nitrogens with zero attached hydrogens (tertiary/aromatic N) is 3. The molecule has 1 amide bonds. The quantitative estimate of drug-likeness (QED) is 0.645. The molecule has 2 aromatic rings. The second-order valence-electron chi connectivity index (χ2n) is 5.22. The minimum atomic E-state index is 0.0416. The molecule has 0 radical (unpaired) electrons. The lowest BCUT2D eigenvalue weighted by Gasteiger charge is -2.36. The van der Waals surface area contributed by atoms with Crippen molar-refractivity contribution in [2.45, 2.75) is 0 Å². The van der Waals surface area contributed by atoms with Crippen molar-refractivity contribution in [1.29, 1.82) is 0 Å². The fourth-order valence-corrected chi connectivity index (χ4v) is 2.86. The summed E-state index contributed by atoms with van der Waals surface area (Å²) in [6.07, 6.45) is 5.09. The van der Waals surface area contributed by atoms with E-state index in [1.165, 1.54) is 5.69 Å². The third kappa shape index (κ3) is 3.07. The summed E-state index contributed by atoms with van der Waals surface area (Å²) in [6.45, 7) is 3.10. The molecule has 114 valence electrons.